The second kappa shape index (κ2) is 18.9. The van der Waals surface area contributed by atoms with Gasteiger partial charge in [0.25, 0.3) is 0 Å². The molecule has 2 saturated heterocycles. The average Bonchev–Trinajstić information content (AvgIpc) is 3.30. The number of hydrogen-bond acceptors (Lipinski definition) is 11. The Balaban J connectivity index is 0.950. The predicted octanol–water partition coefficient (Wildman–Crippen LogP) is 7.63. The molecule has 8 rings (SSSR count). The highest BCUT2D eigenvalue weighted by Gasteiger charge is 2.21. The fraction of sp³-hybridized carbons (Fsp3) is 0.277. The summed E-state index contributed by atoms with van der Waals surface area (Å²) in [5.74, 6) is 0.778. The summed E-state index contributed by atoms with van der Waals surface area (Å²) in [5, 5.41) is 10.1. The lowest BCUT2D eigenvalue weighted by Crippen LogP contribution is -2.46. The van der Waals surface area contributed by atoms with Crippen molar-refractivity contribution in [3.63, 3.8) is 0 Å². The normalized spacial score (nSPS) is 14.7. The Hall–Kier alpha value is -6.70. The molecule has 2 aromatic heterocycles. The zero-order valence-electron chi connectivity index (χ0n) is 33.9. The zero-order chi connectivity index (χ0) is 41.3. The van der Waals surface area contributed by atoms with Crippen molar-refractivity contribution < 1.29 is 9.59 Å². The highest BCUT2D eigenvalue weighted by Crippen LogP contribution is 2.32. The molecule has 2 aliphatic rings. The SMILES string of the molecule is CCN1CCN(c2ccc(Nc3nccc(-c4ccc(N(C(=O)CCC(N)=O)c5ccc(-c6ccnc(Nc7ccc(C8CCNCC8)cc7)n6)cc5)cc4)n3)cc2)CC1. The largest absolute Gasteiger partial charge is 0.370 e. The number of primary amides is 1. The van der Waals surface area contributed by atoms with Gasteiger partial charge in [-0.25, -0.2) is 19.9 Å². The molecule has 0 radical (unpaired) electrons. The monoisotopic (exact) mass is 801 g/mol. The van der Waals surface area contributed by atoms with Gasteiger partial charge in [0, 0.05) is 91.0 Å². The van der Waals surface area contributed by atoms with E-state index in [4.69, 9.17) is 15.7 Å². The van der Waals surface area contributed by atoms with E-state index in [9.17, 15) is 9.59 Å². The van der Waals surface area contributed by atoms with Crippen molar-refractivity contribution in [1.82, 2.24) is 30.2 Å². The number of piperazine rings is 1. The van der Waals surface area contributed by atoms with Gasteiger partial charge in [-0.3, -0.25) is 14.5 Å². The molecular weight excluding hydrogens is 751 g/mol. The van der Waals surface area contributed by atoms with Gasteiger partial charge in [-0.05, 0) is 117 Å². The highest BCUT2D eigenvalue weighted by atomic mass is 16.2. The number of amides is 2. The third-order valence-electron chi connectivity index (χ3n) is 11.3. The molecule has 2 amide bonds. The minimum atomic E-state index is -0.533. The minimum absolute atomic E-state index is 0.0317. The number of anilines is 7. The van der Waals surface area contributed by atoms with Gasteiger partial charge in [0.05, 0.1) is 11.4 Å². The molecule has 60 heavy (non-hydrogen) atoms. The number of carbonyl (C=O) groups is 2. The van der Waals surface area contributed by atoms with E-state index in [1.165, 1.54) is 11.3 Å². The van der Waals surface area contributed by atoms with E-state index in [0.717, 1.165) is 92.5 Å². The first-order valence-electron chi connectivity index (χ1n) is 20.8. The van der Waals surface area contributed by atoms with E-state index in [1.54, 1.807) is 17.3 Å². The van der Waals surface area contributed by atoms with Crippen LogP contribution in [-0.2, 0) is 9.59 Å². The lowest BCUT2D eigenvalue weighted by Gasteiger charge is -2.35. The lowest BCUT2D eigenvalue weighted by atomic mass is 9.90. The van der Waals surface area contributed by atoms with E-state index < -0.39 is 5.91 Å². The van der Waals surface area contributed by atoms with Crippen molar-refractivity contribution in [1.29, 1.82) is 0 Å². The van der Waals surface area contributed by atoms with Gasteiger partial charge in [0.2, 0.25) is 23.7 Å². The van der Waals surface area contributed by atoms with Crippen LogP contribution < -0.4 is 31.5 Å². The molecular formula is C47H51N11O2. The molecule has 306 valence electrons. The van der Waals surface area contributed by atoms with Gasteiger partial charge >= 0.3 is 0 Å². The van der Waals surface area contributed by atoms with E-state index in [-0.39, 0.29) is 18.7 Å². The summed E-state index contributed by atoms with van der Waals surface area (Å²) in [6.45, 7) is 9.62. The number of nitrogens with zero attached hydrogens (tertiary/aromatic N) is 7. The van der Waals surface area contributed by atoms with Crippen molar-refractivity contribution in [3.05, 3.63) is 127 Å². The van der Waals surface area contributed by atoms with Crippen molar-refractivity contribution >= 4 is 52.1 Å². The molecule has 0 spiro atoms. The van der Waals surface area contributed by atoms with Gasteiger partial charge in [-0.1, -0.05) is 43.3 Å². The molecule has 0 aliphatic carbocycles. The predicted molar refractivity (Wildman–Crippen MR) is 239 cm³/mol. The number of rotatable bonds is 14. The molecule has 2 fully saturated rings. The van der Waals surface area contributed by atoms with Crippen molar-refractivity contribution in [3.8, 4) is 22.5 Å². The first-order chi connectivity index (χ1) is 29.4. The second-order valence-electron chi connectivity index (χ2n) is 15.2. The number of nitrogens with one attached hydrogen (secondary N) is 3. The molecule has 4 heterocycles. The maximum atomic E-state index is 13.7. The summed E-state index contributed by atoms with van der Waals surface area (Å²) in [6.07, 6.45) is 5.67. The van der Waals surface area contributed by atoms with Crippen LogP contribution >= 0.6 is 0 Å². The molecule has 4 aromatic carbocycles. The van der Waals surface area contributed by atoms with E-state index in [1.807, 2.05) is 60.7 Å². The third kappa shape index (κ3) is 9.93. The van der Waals surface area contributed by atoms with Gasteiger partial charge in [0.1, 0.15) is 0 Å². The van der Waals surface area contributed by atoms with Gasteiger partial charge < -0.3 is 31.5 Å². The summed E-state index contributed by atoms with van der Waals surface area (Å²) in [6, 6.07) is 35.8. The van der Waals surface area contributed by atoms with Crippen LogP contribution in [0.1, 0.15) is 44.1 Å². The first-order valence-corrected chi connectivity index (χ1v) is 20.8. The number of carbonyl (C=O) groups excluding carboxylic acids is 2. The fourth-order valence-corrected chi connectivity index (χ4v) is 7.83. The van der Waals surface area contributed by atoms with Gasteiger partial charge in [0.15, 0.2) is 0 Å². The summed E-state index contributed by atoms with van der Waals surface area (Å²) >= 11 is 0. The highest BCUT2D eigenvalue weighted by molar-refractivity contribution is 6.02. The van der Waals surface area contributed by atoms with Crippen LogP contribution in [0.2, 0.25) is 0 Å². The topological polar surface area (TPSA) is 158 Å². The van der Waals surface area contributed by atoms with Crippen LogP contribution in [0.25, 0.3) is 22.5 Å². The van der Waals surface area contributed by atoms with E-state index in [0.29, 0.717) is 29.2 Å². The number of aromatic nitrogens is 4. The average molecular weight is 802 g/mol. The van der Waals surface area contributed by atoms with Crippen LogP contribution in [-0.4, -0.2) is 82.5 Å². The Morgan fingerprint density at radius 2 is 1.20 bits per heavy atom. The number of benzene rings is 4. The fourth-order valence-electron chi connectivity index (χ4n) is 7.83. The second-order valence-corrected chi connectivity index (χ2v) is 15.2. The smallest absolute Gasteiger partial charge is 0.232 e. The number of likely N-dealkylation sites (N-methyl/N-ethyl adjacent to an activating group) is 1. The Bertz CT molecular complexity index is 2360. The summed E-state index contributed by atoms with van der Waals surface area (Å²) in [7, 11) is 0. The quantitative estimate of drug-likeness (QED) is 0.0859. The molecule has 2 aliphatic heterocycles. The summed E-state index contributed by atoms with van der Waals surface area (Å²) in [4.78, 5) is 50.4. The molecule has 0 unspecified atom stereocenters. The molecule has 5 N–H and O–H groups in total. The van der Waals surface area contributed by atoms with Crippen molar-refractivity contribution in [2.45, 2.75) is 38.5 Å². The number of nitrogens with two attached hydrogens (primary N) is 1. The number of piperidine rings is 1. The molecule has 13 nitrogen and oxygen atoms in total. The van der Waals surface area contributed by atoms with Crippen LogP contribution in [0.5, 0.6) is 0 Å². The van der Waals surface area contributed by atoms with Crippen LogP contribution in [0.15, 0.2) is 122 Å². The van der Waals surface area contributed by atoms with E-state index in [2.05, 4.69) is 91.2 Å². The summed E-state index contributed by atoms with van der Waals surface area (Å²) in [5.41, 5.74) is 14.3. The van der Waals surface area contributed by atoms with Gasteiger partial charge in [-0.2, -0.15) is 0 Å². The first kappa shape index (κ1) is 40.1. The zero-order valence-corrected chi connectivity index (χ0v) is 33.9. The van der Waals surface area contributed by atoms with Crippen molar-refractivity contribution in [2.24, 2.45) is 5.73 Å². The Labute approximate surface area is 351 Å². The van der Waals surface area contributed by atoms with Gasteiger partial charge in [-0.15, -0.1) is 0 Å². The molecule has 0 saturated carbocycles. The minimum Gasteiger partial charge on any atom is -0.370 e. The summed E-state index contributed by atoms with van der Waals surface area (Å²) < 4.78 is 0. The molecule has 0 atom stereocenters. The Morgan fingerprint density at radius 3 is 1.70 bits per heavy atom. The third-order valence-corrected chi connectivity index (χ3v) is 11.3. The van der Waals surface area contributed by atoms with E-state index >= 15 is 0 Å². The number of hydrogen-bond donors (Lipinski definition) is 4. The van der Waals surface area contributed by atoms with Crippen LogP contribution in [0, 0.1) is 0 Å². The molecule has 13 heteroatoms. The van der Waals surface area contributed by atoms with Crippen LogP contribution in [0.4, 0.5) is 40.3 Å². The Morgan fingerprint density at radius 1 is 0.683 bits per heavy atom. The lowest BCUT2D eigenvalue weighted by molar-refractivity contribution is -0.123. The maximum absolute atomic E-state index is 13.7. The molecule has 0 bridgehead atoms. The standard InChI is InChI=1S/C47H51N11O2/c1-2-56-29-31-57(32-30-56)39-17-11-38(12-18-39)53-47-51-28-24-43(55-47)36-7-15-41(16-8-36)58(45(60)20-19-44(48)59)40-13-5-35(6-14-40)42-23-27-50-46(54-42)52-37-9-3-33(4-10-37)34-21-25-49-26-22-34/h3-18,23-24,27-28,34,49H,2,19-22,25-26,29-32H2,1H3,(H2,48,59)(H,50,52,54)(H,51,53,55). The molecule has 6 aromatic rings. The van der Waals surface area contributed by atoms with Crippen LogP contribution in [0.3, 0.4) is 0 Å². The van der Waals surface area contributed by atoms with Crippen molar-refractivity contribution in [2.75, 3.05) is 66.2 Å². The Kier molecular flexibility index (Phi) is 12.6. The maximum Gasteiger partial charge on any atom is 0.232 e.